The normalized spacial score (nSPS) is 20.4. The van der Waals surface area contributed by atoms with Gasteiger partial charge in [0.05, 0.1) is 5.54 Å². The molecule has 1 amide bonds. The smallest absolute Gasteiger partial charge is 0.248 e. The number of carbonyl (C=O) groups is 1. The summed E-state index contributed by atoms with van der Waals surface area (Å²) in [4.78, 5) is 12.9. The van der Waals surface area contributed by atoms with Crippen molar-refractivity contribution in [3.05, 3.63) is 0 Å². The van der Waals surface area contributed by atoms with Gasteiger partial charge in [-0.2, -0.15) is 0 Å². The van der Waals surface area contributed by atoms with Crippen LogP contribution >= 0.6 is 0 Å². The summed E-state index contributed by atoms with van der Waals surface area (Å²) in [5.74, 6) is 0.0343. The average Bonchev–Trinajstić information content (AvgIpc) is 1.99. The summed E-state index contributed by atoms with van der Waals surface area (Å²) in [7, 11) is 1.52. The molecule has 1 rings (SSSR count). The molecule has 0 aliphatic carbocycles. The maximum atomic E-state index is 11.2. The first kappa shape index (κ1) is 9.48. The fourth-order valence-electron chi connectivity index (χ4n) is 1.33. The molecule has 70 valence electrons. The molecule has 4 nitrogen and oxygen atoms in total. The average molecular weight is 172 g/mol. The molecule has 1 aliphatic heterocycles. The zero-order valence-corrected chi connectivity index (χ0v) is 7.67. The van der Waals surface area contributed by atoms with Gasteiger partial charge in [-0.25, -0.2) is 0 Å². The molecule has 0 aromatic carbocycles. The number of methoxy groups -OCH3 is 1. The van der Waals surface area contributed by atoms with Crippen LogP contribution in [0.4, 0.5) is 0 Å². The number of hydrogen-bond donors (Lipinski definition) is 1. The van der Waals surface area contributed by atoms with Crippen molar-refractivity contribution in [2.45, 2.75) is 18.9 Å². The number of amides is 1. The highest BCUT2D eigenvalue weighted by atomic mass is 16.5. The van der Waals surface area contributed by atoms with Crippen LogP contribution in [0.25, 0.3) is 0 Å². The number of carbonyl (C=O) groups excluding carboxylic acids is 1. The predicted octanol–water partition coefficient (Wildman–Crippen LogP) is -0.417. The molecule has 2 N–H and O–H groups in total. The first-order chi connectivity index (χ1) is 5.61. The van der Waals surface area contributed by atoms with Crippen molar-refractivity contribution in [1.29, 1.82) is 0 Å². The number of ether oxygens (including phenoxy) is 1. The summed E-state index contributed by atoms with van der Waals surface area (Å²) in [5.41, 5.74) is 5.76. The Morgan fingerprint density at radius 1 is 1.67 bits per heavy atom. The van der Waals surface area contributed by atoms with E-state index >= 15 is 0 Å². The number of nitrogens with zero attached hydrogens (tertiary/aromatic N) is 1. The molecule has 12 heavy (non-hydrogen) atoms. The van der Waals surface area contributed by atoms with Gasteiger partial charge >= 0.3 is 0 Å². The van der Waals surface area contributed by atoms with Gasteiger partial charge in [0.1, 0.15) is 6.61 Å². The standard InChI is InChI=1S/C8H16N2O2/c1-3-8(9)5-10(6-8)7(11)4-12-2/h3-6,9H2,1-2H3. The highest BCUT2D eigenvalue weighted by molar-refractivity contribution is 5.78. The van der Waals surface area contributed by atoms with E-state index in [0.717, 1.165) is 6.42 Å². The van der Waals surface area contributed by atoms with Crippen molar-refractivity contribution < 1.29 is 9.53 Å². The van der Waals surface area contributed by atoms with Gasteiger partial charge in [-0.1, -0.05) is 6.92 Å². The molecule has 0 saturated carbocycles. The van der Waals surface area contributed by atoms with Gasteiger partial charge in [0.15, 0.2) is 0 Å². The monoisotopic (exact) mass is 172 g/mol. The lowest BCUT2D eigenvalue weighted by molar-refractivity contribution is -0.142. The Morgan fingerprint density at radius 3 is 2.67 bits per heavy atom. The van der Waals surface area contributed by atoms with E-state index in [2.05, 4.69) is 0 Å². The third-order valence-corrected chi connectivity index (χ3v) is 2.34. The summed E-state index contributed by atoms with van der Waals surface area (Å²) in [6.07, 6.45) is 0.920. The van der Waals surface area contributed by atoms with Gasteiger partial charge in [-0.15, -0.1) is 0 Å². The number of hydrogen-bond acceptors (Lipinski definition) is 3. The third kappa shape index (κ3) is 1.76. The van der Waals surface area contributed by atoms with Crippen LogP contribution in [0.3, 0.4) is 0 Å². The molecule has 0 aromatic heterocycles. The van der Waals surface area contributed by atoms with Gasteiger partial charge in [-0.05, 0) is 6.42 Å². The van der Waals surface area contributed by atoms with Crippen LogP contribution in [-0.2, 0) is 9.53 Å². The van der Waals surface area contributed by atoms with E-state index in [1.54, 1.807) is 4.90 Å². The maximum absolute atomic E-state index is 11.2. The molecule has 0 aromatic rings. The SMILES string of the molecule is CCC1(N)CN(C(=O)COC)C1. The van der Waals surface area contributed by atoms with Crippen LogP contribution in [0.2, 0.25) is 0 Å². The fourth-order valence-corrected chi connectivity index (χ4v) is 1.33. The number of nitrogens with two attached hydrogens (primary N) is 1. The maximum Gasteiger partial charge on any atom is 0.248 e. The minimum absolute atomic E-state index is 0.0343. The lowest BCUT2D eigenvalue weighted by Crippen LogP contribution is -2.68. The zero-order chi connectivity index (χ0) is 9.19. The van der Waals surface area contributed by atoms with Crippen LogP contribution < -0.4 is 5.73 Å². The molecule has 4 heteroatoms. The lowest BCUT2D eigenvalue weighted by atomic mass is 9.88. The first-order valence-electron chi connectivity index (χ1n) is 4.17. The van der Waals surface area contributed by atoms with Crippen molar-refractivity contribution in [3.63, 3.8) is 0 Å². The van der Waals surface area contributed by atoms with E-state index in [1.165, 1.54) is 7.11 Å². The molecule has 1 heterocycles. The molecule has 0 atom stereocenters. The Bertz CT molecular complexity index is 176. The summed E-state index contributed by atoms with van der Waals surface area (Å²) >= 11 is 0. The van der Waals surface area contributed by atoms with Crippen LogP contribution in [0, 0.1) is 0 Å². The Labute approximate surface area is 72.7 Å². The predicted molar refractivity (Wildman–Crippen MR) is 45.7 cm³/mol. The van der Waals surface area contributed by atoms with Crippen LogP contribution in [0.5, 0.6) is 0 Å². The van der Waals surface area contributed by atoms with Gasteiger partial charge in [0.25, 0.3) is 0 Å². The van der Waals surface area contributed by atoms with Crippen molar-refractivity contribution >= 4 is 5.91 Å². The van der Waals surface area contributed by atoms with E-state index in [1.807, 2.05) is 6.92 Å². The fraction of sp³-hybridized carbons (Fsp3) is 0.875. The molecule has 0 unspecified atom stereocenters. The van der Waals surface area contributed by atoms with E-state index in [9.17, 15) is 4.79 Å². The van der Waals surface area contributed by atoms with E-state index in [4.69, 9.17) is 10.5 Å². The topological polar surface area (TPSA) is 55.6 Å². The van der Waals surface area contributed by atoms with Gasteiger partial charge in [0, 0.05) is 20.2 Å². The minimum atomic E-state index is -0.136. The molecule has 1 saturated heterocycles. The number of rotatable bonds is 3. The summed E-state index contributed by atoms with van der Waals surface area (Å²) in [6.45, 7) is 3.55. The van der Waals surface area contributed by atoms with Gasteiger partial charge in [0.2, 0.25) is 5.91 Å². The van der Waals surface area contributed by atoms with E-state index < -0.39 is 0 Å². The third-order valence-electron chi connectivity index (χ3n) is 2.34. The zero-order valence-electron chi connectivity index (χ0n) is 7.67. The molecule has 0 bridgehead atoms. The summed E-state index contributed by atoms with van der Waals surface area (Å²) < 4.78 is 4.73. The molecular weight excluding hydrogens is 156 g/mol. The lowest BCUT2D eigenvalue weighted by Gasteiger charge is -2.47. The Hall–Kier alpha value is -0.610. The van der Waals surface area contributed by atoms with Crippen LogP contribution in [0.1, 0.15) is 13.3 Å². The summed E-state index contributed by atoms with van der Waals surface area (Å²) in [6, 6.07) is 0. The largest absolute Gasteiger partial charge is 0.375 e. The second-order valence-corrected chi connectivity index (χ2v) is 3.40. The van der Waals surface area contributed by atoms with Crippen LogP contribution in [0.15, 0.2) is 0 Å². The molecule has 1 aliphatic rings. The minimum Gasteiger partial charge on any atom is -0.375 e. The second kappa shape index (κ2) is 3.41. The van der Waals surface area contributed by atoms with Gasteiger partial charge < -0.3 is 15.4 Å². The quantitative estimate of drug-likeness (QED) is 0.629. The summed E-state index contributed by atoms with van der Waals surface area (Å²) in [5, 5.41) is 0. The molecular formula is C8H16N2O2. The highest BCUT2D eigenvalue weighted by Gasteiger charge is 2.39. The van der Waals surface area contributed by atoms with Crippen molar-refractivity contribution in [3.8, 4) is 0 Å². The highest BCUT2D eigenvalue weighted by Crippen LogP contribution is 2.20. The van der Waals surface area contributed by atoms with Crippen molar-refractivity contribution in [2.24, 2.45) is 5.73 Å². The second-order valence-electron chi connectivity index (χ2n) is 3.40. The molecule has 1 fully saturated rings. The van der Waals surface area contributed by atoms with Crippen LogP contribution in [-0.4, -0.2) is 43.2 Å². The Balaban J connectivity index is 2.29. The van der Waals surface area contributed by atoms with Crippen molar-refractivity contribution in [1.82, 2.24) is 4.90 Å². The van der Waals surface area contributed by atoms with E-state index in [-0.39, 0.29) is 18.1 Å². The van der Waals surface area contributed by atoms with E-state index in [0.29, 0.717) is 13.1 Å². The Morgan fingerprint density at radius 2 is 2.25 bits per heavy atom. The molecule has 0 spiro atoms. The van der Waals surface area contributed by atoms with Crippen molar-refractivity contribution in [2.75, 3.05) is 26.8 Å². The molecule has 0 radical (unpaired) electrons. The van der Waals surface area contributed by atoms with Gasteiger partial charge in [-0.3, -0.25) is 4.79 Å². The Kier molecular flexibility index (Phi) is 2.69. The first-order valence-corrected chi connectivity index (χ1v) is 4.17. The number of likely N-dealkylation sites (tertiary alicyclic amines) is 1.